The van der Waals surface area contributed by atoms with Crippen LogP contribution in [0.4, 0.5) is 0 Å². The Kier molecular flexibility index (Phi) is 4.02. The lowest BCUT2D eigenvalue weighted by molar-refractivity contribution is -0.123. The molecule has 1 fully saturated rings. The fourth-order valence-electron chi connectivity index (χ4n) is 3.01. The lowest BCUT2D eigenvalue weighted by atomic mass is 9.97. The number of fused-ring (bicyclic) bond motifs is 1. The van der Waals surface area contributed by atoms with Gasteiger partial charge in [0.15, 0.2) is 5.65 Å². The number of nitrogens with two attached hydrogens (primary N) is 1. The molecule has 0 bridgehead atoms. The number of amides is 2. The molecule has 7 nitrogen and oxygen atoms in total. The molecule has 0 saturated carbocycles. The van der Waals surface area contributed by atoms with E-state index in [-0.39, 0.29) is 23.8 Å². The highest BCUT2D eigenvalue weighted by atomic mass is 16.2. The van der Waals surface area contributed by atoms with Crippen LogP contribution in [0, 0.1) is 5.92 Å². The van der Waals surface area contributed by atoms with Crippen LogP contribution in [-0.2, 0) is 4.79 Å². The molecule has 2 aromatic heterocycles. The molecular weight excluding hydrogens is 294 g/mol. The minimum Gasteiger partial charge on any atom is -0.369 e. The van der Waals surface area contributed by atoms with Gasteiger partial charge in [0.1, 0.15) is 0 Å². The Balaban J connectivity index is 1.85. The van der Waals surface area contributed by atoms with E-state index in [4.69, 9.17) is 5.73 Å². The predicted octanol–water partition coefficient (Wildman–Crippen LogP) is 1.35. The van der Waals surface area contributed by atoms with E-state index in [0.29, 0.717) is 18.7 Å². The van der Waals surface area contributed by atoms with Crippen molar-refractivity contribution < 1.29 is 9.59 Å². The number of rotatable bonds is 3. The largest absolute Gasteiger partial charge is 0.369 e. The highest BCUT2D eigenvalue weighted by Crippen LogP contribution is 2.21. The monoisotopic (exact) mass is 315 g/mol. The Morgan fingerprint density at radius 2 is 2.13 bits per heavy atom. The number of aromatic nitrogens is 3. The van der Waals surface area contributed by atoms with Crippen molar-refractivity contribution in [2.75, 3.05) is 13.1 Å². The molecule has 2 aromatic rings. The summed E-state index contributed by atoms with van der Waals surface area (Å²) in [5, 5.41) is 5.15. The van der Waals surface area contributed by atoms with Crippen LogP contribution < -0.4 is 5.73 Å². The number of primary amides is 1. The third-order valence-corrected chi connectivity index (χ3v) is 4.28. The van der Waals surface area contributed by atoms with E-state index in [9.17, 15) is 9.59 Å². The molecule has 1 aliphatic rings. The van der Waals surface area contributed by atoms with Crippen LogP contribution in [0.1, 0.15) is 43.1 Å². The van der Waals surface area contributed by atoms with Gasteiger partial charge >= 0.3 is 0 Å². The number of hydrogen-bond acceptors (Lipinski definition) is 4. The molecule has 3 rings (SSSR count). The fourth-order valence-corrected chi connectivity index (χ4v) is 3.01. The third-order valence-electron chi connectivity index (χ3n) is 4.28. The summed E-state index contributed by atoms with van der Waals surface area (Å²) >= 11 is 0. The Hall–Kier alpha value is -2.44. The zero-order chi connectivity index (χ0) is 16.6. The van der Waals surface area contributed by atoms with Gasteiger partial charge in [0, 0.05) is 30.7 Å². The zero-order valence-corrected chi connectivity index (χ0v) is 13.4. The highest BCUT2D eigenvalue weighted by molar-refractivity contribution is 5.97. The Bertz CT molecular complexity index is 752. The molecule has 1 atom stereocenters. The van der Waals surface area contributed by atoms with E-state index in [1.54, 1.807) is 17.3 Å². The minimum atomic E-state index is -0.339. The molecule has 1 aliphatic heterocycles. The molecule has 0 radical (unpaired) electrons. The lowest BCUT2D eigenvalue weighted by Gasteiger charge is -2.31. The first-order valence-corrected chi connectivity index (χ1v) is 7.89. The number of piperidine rings is 1. The van der Waals surface area contributed by atoms with E-state index in [0.717, 1.165) is 23.9 Å². The average Bonchev–Trinajstić information content (AvgIpc) is 2.97. The second-order valence-corrected chi connectivity index (χ2v) is 6.31. The van der Waals surface area contributed by atoms with Crippen molar-refractivity contribution in [3.05, 3.63) is 24.0 Å². The van der Waals surface area contributed by atoms with Gasteiger partial charge in [-0.05, 0) is 32.8 Å². The maximum Gasteiger partial charge on any atom is 0.255 e. The van der Waals surface area contributed by atoms with Gasteiger partial charge in [-0.1, -0.05) is 0 Å². The second kappa shape index (κ2) is 5.98. The summed E-state index contributed by atoms with van der Waals surface area (Å²) in [4.78, 5) is 30.1. The Morgan fingerprint density at radius 1 is 1.35 bits per heavy atom. The molecular formula is C16H21N5O2. The Morgan fingerprint density at radius 3 is 2.83 bits per heavy atom. The summed E-state index contributed by atoms with van der Waals surface area (Å²) < 4.78 is 1.83. The molecule has 0 aliphatic carbocycles. The summed E-state index contributed by atoms with van der Waals surface area (Å²) in [5.41, 5.74) is 6.66. The molecule has 122 valence electrons. The van der Waals surface area contributed by atoms with Gasteiger partial charge in [0.05, 0.1) is 17.7 Å². The van der Waals surface area contributed by atoms with Crippen molar-refractivity contribution in [1.29, 1.82) is 0 Å². The first kappa shape index (κ1) is 15.5. The molecule has 1 saturated heterocycles. The quantitative estimate of drug-likeness (QED) is 0.925. The van der Waals surface area contributed by atoms with Crippen molar-refractivity contribution in [3.63, 3.8) is 0 Å². The zero-order valence-electron chi connectivity index (χ0n) is 13.4. The first-order valence-electron chi connectivity index (χ1n) is 7.89. The number of nitrogens with zero attached hydrogens (tertiary/aromatic N) is 4. The van der Waals surface area contributed by atoms with Crippen LogP contribution in [0.15, 0.2) is 18.5 Å². The van der Waals surface area contributed by atoms with Crippen LogP contribution >= 0.6 is 0 Å². The van der Waals surface area contributed by atoms with Gasteiger partial charge in [-0.3, -0.25) is 9.59 Å². The van der Waals surface area contributed by atoms with Gasteiger partial charge in [0.2, 0.25) is 5.91 Å². The molecule has 3 heterocycles. The average molecular weight is 315 g/mol. The summed E-state index contributed by atoms with van der Waals surface area (Å²) in [6, 6.07) is 2.02. The van der Waals surface area contributed by atoms with Gasteiger partial charge < -0.3 is 10.6 Å². The predicted molar refractivity (Wildman–Crippen MR) is 85.7 cm³/mol. The van der Waals surface area contributed by atoms with Crippen molar-refractivity contribution in [2.45, 2.75) is 32.7 Å². The molecule has 2 N–H and O–H groups in total. The number of likely N-dealkylation sites (tertiary alicyclic amines) is 1. The number of hydrogen-bond donors (Lipinski definition) is 1. The molecule has 7 heteroatoms. The normalized spacial score (nSPS) is 18.6. The van der Waals surface area contributed by atoms with Crippen LogP contribution in [0.5, 0.6) is 0 Å². The van der Waals surface area contributed by atoms with Crippen molar-refractivity contribution in [3.8, 4) is 0 Å². The van der Waals surface area contributed by atoms with Crippen LogP contribution in [0.2, 0.25) is 0 Å². The first-order chi connectivity index (χ1) is 11.0. The topological polar surface area (TPSA) is 94.1 Å². The van der Waals surface area contributed by atoms with Gasteiger partial charge in [0.25, 0.3) is 5.91 Å². The molecule has 0 unspecified atom stereocenters. The summed E-state index contributed by atoms with van der Waals surface area (Å²) in [6.45, 7) is 5.10. The molecule has 0 aromatic carbocycles. The number of pyridine rings is 1. The smallest absolute Gasteiger partial charge is 0.255 e. The fraction of sp³-hybridized carbons (Fsp3) is 0.500. The van der Waals surface area contributed by atoms with E-state index in [1.165, 1.54) is 0 Å². The highest BCUT2D eigenvalue weighted by Gasteiger charge is 2.27. The maximum atomic E-state index is 12.7. The molecule has 23 heavy (non-hydrogen) atoms. The Labute approximate surface area is 134 Å². The summed E-state index contributed by atoms with van der Waals surface area (Å²) in [5.74, 6) is -0.704. The van der Waals surface area contributed by atoms with E-state index in [1.807, 2.05) is 24.6 Å². The number of carbonyl (C=O) groups is 2. The van der Waals surface area contributed by atoms with Gasteiger partial charge in [-0.15, -0.1) is 0 Å². The van der Waals surface area contributed by atoms with Crippen molar-refractivity contribution in [2.24, 2.45) is 11.7 Å². The lowest BCUT2D eigenvalue weighted by Crippen LogP contribution is -2.44. The van der Waals surface area contributed by atoms with Crippen LogP contribution in [0.25, 0.3) is 11.0 Å². The minimum absolute atomic E-state index is 0.109. The summed E-state index contributed by atoms with van der Waals surface area (Å²) in [6.07, 6.45) is 4.85. The molecule has 2 amide bonds. The van der Waals surface area contributed by atoms with Crippen LogP contribution in [0.3, 0.4) is 0 Å². The summed E-state index contributed by atoms with van der Waals surface area (Å²) in [7, 11) is 0. The van der Waals surface area contributed by atoms with E-state index < -0.39 is 0 Å². The number of carbonyl (C=O) groups excluding carboxylic acids is 2. The maximum absolute atomic E-state index is 12.7. The third kappa shape index (κ3) is 2.91. The van der Waals surface area contributed by atoms with E-state index in [2.05, 4.69) is 10.1 Å². The van der Waals surface area contributed by atoms with Crippen LogP contribution in [-0.4, -0.2) is 44.6 Å². The van der Waals surface area contributed by atoms with Crippen molar-refractivity contribution >= 4 is 22.8 Å². The van der Waals surface area contributed by atoms with Gasteiger partial charge in [-0.25, -0.2) is 9.67 Å². The van der Waals surface area contributed by atoms with E-state index >= 15 is 0 Å². The van der Waals surface area contributed by atoms with Gasteiger partial charge in [-0.2, -0.15) is 5.10 Å². The SMILES string of the molecule is CC(C)n1ncc2cc(C(=O)N3CCC[C@@H](C(N)=O)C3)cnc21. The molecule has 0 spiro atoms. The standard InChI is InChI=1S/C16H21N5O2/c1-10(2)21-15-12(8-19-21)6-13(7-18-15)16(23)20-5-3-4-11(9-20)14(17)22/h6-8,10-11H,3-5,9H2,1-2H3,(H2,17,22)/t11-/m1/s1. The van der Waals surface area contributed by atoms with Crippen molar-refractivity contribution in [1.82, 2.24) is 19.7 Å². The second-order valence-electron chi connectivity index (χ2n) is 6.31.